The second-order valence-corrected chi connectivity index (χ2v) is 7.63. The number of nitrogens with one attached hydrogen (secondary N) is 1. The van der Waals surface area contributed by atoms with E-state index in [2.05, 4.69) is 19.2 Å². The minimum Gasteiger partial charge on any atom is -0.317 e. The predicted octanol–water partition coefficient (Wildman–Crippen LogP) is 1.83. The van der Waals surface area contributed by atoms with Crippen LogP contribution in [-0.2, 0) is 10.0 Å². The van der Waals surface area contributed by atoms with Gasteiger partial charge in [-0.2, -0.15) is 4.31 Å². The molecule has 1 heterocycles. The smallest absolute Gasteiger partial charge is 0.214 e. The number of nitrogens with zero attached hydrogens (tertiary/aromatic N) is 1. The van der Waals surface area contributed by atoms with E-state index in [-0.39, 0.29) is 6.04 Å². The molecule has 0 amide bonds. The van der Waals surface area contributed by atoms with Crippen LogP contribution < -0.4 is 5.32 Å². The Kier molecular flexibility index (Phi) is 6.60. The van der Waals surface area contributed by atoms with Crippen molar-refractivity contribution in [3.8, 4) is 0 Å². The third kappa shape index (κ3) is 4.86. The Morgan fingerprint density at radius 3 is 2.39 bits per heavy atom. The maximum Gasteiger partial charge on any atom is 0.214 e. The molecule has 4 nitrogen and oxygen atoms in total. The van der Waals surface area contributed by atoms with Gasteiger partial charge >= 0.3 is 0 Å². The van der Waals surface area contributed by atoms with Crippen LogP contribution in [0.25, 0.3) is 0 Å². The number of hydrogen-bond donors (Lipinski definition) is 1. The summed E-state index contributed by atoms with van der Waals surface area (Å²) in [6.45, 7) is 8.74. The molecule has 1 rings (SSSR count). The van der Waals surface area contributed by atoms with Crippen LogP contribution in [0.2, 0.25) is 0 Å². The number of hydrogen-bond acceptors (Lipinski definition) is 3. The molecule has 0 saturated carbocycles. The van der Waals surface area contributed by atoms with E-state index in [0.717, 1.165) is 38.8 Å². The average molecular weight is 276 g/mol. The van der Waals surface area contributed by atoms with E-state index in [0.29, 0.717) is 18.2 Å². The second-order valence-electron chi connectivity index (χ2n) is 5.59. The summed E-state index contributed by atoms with van der Waals surface area (Å²) in [5.74, 6) is 0.741. The summed E-state index contributed by atoms with van der Waals surface area (Å²) in [5, 5.41) is 3.29. The topological polar surface area (TPSA) is 49.4 Å². The van der Waals surface area contributed by atoms with Gasteiger partial charge in [-0.15, -0.1) is 0 Å². The minimum atomic E-state index is -3.07. The molecule has 0 atom stereocenters. The molecule has 18 heavy (non-hydrogen) atoms. The molecule has 0 bridgehead atoms. The van der Waals surface area contributed by atoms with Gasteiger partial charge < -0.3 is 5.32 Å². The lowest BCUT2D eigenvalue weighted by molar-refractivity contribution is 0.262. The summed E-state index contributed by atoms with van der Waals surface area (Å²) in [6, 6.07) is 0.211. The fourth-order valence-corrected chi connectivity index (χ4v) is 4.50. The maximum atomic E-state index is 12.4. The van der Waals surface area contributed by atoms with Crippen LogP contribution in [0.3, 0.4) is 0 Å². The minimum absolute atomic E-state index is 0.211. The van der Waals surface area contributed by atoms with E-state index in [4.69, 9.17) is 0 Å². The zero-order valence-electron chi connectivity index (χ0n) is 12.0. The Morgan fingerprint density at radius 1 is 1.28 bits per heavy atom. The summed E-state index contributed by atoms with van der Waals surface area (Å²) >= 11 is 0. The Balaban J connectivity index is 2.69. The fourth-order valence-electron chi connectivity index (χ4n) is 2.37. The largest absolute Gasteiger partial charge is 0.317 e. The molecule has 1 aliphatic rings. The summed E-state index contributed by atoms with van der Waals surface area (Å²) in [5.41, 5.74) is 0. The Bertz CT molecular complexity index is 322. The van der Waals surface area contributed by atoms with Gasteiger partial charge in [0.25, 0.3) is 0 Å². The molecule has 1 fully saturated rings. The van der Waals surface area contributed by atoms with E-state index >= 15 is 0 Å². The van der Waals surface area contributed by atoms with Gasteiger partial charge in [-0.25, -0.2) is 8.42 Å². The SMILES string of the molecule is CCCN(C1CCNCC1)S(=O)(=O)CCC(C)C. The highest BCUT2D eigenvalue weighted by molar-refractivity contribution is 7.89. The van der Waals surface area contributed by atoms with Crippen LogP contribution >= 0.6 is 0 Å². The second kappa shape index (κ2) is 7.46. The lowest BCUT2D eigenvalue weighted by atomic mass is 10.1. The zero-order chi connectivity index (χ0) is 13.6. The molecule has 0 spiro atoms. The summed E-state index contributed by atoms with van der Waals surface area (Å²) in [6.07, 6.45) is 3.54. The first-order valence-electron chi connectivity index (χ1n) is 7.17. The molecule has 5 heteroatoms. The molecule has 0 aromatic carbocycles. The number of rotatable bonds is 7. The number of sulfonamides is 1. The maximum absolute atomic E-state index is 12.4. The average Bonchev–Trinajstić information content (AvgIpc) is 2.34. The molecule has 0 unspecified atom stereocenters. The highest BCUT2D eigenvalue weighted by Crippen LogP contribution is 2.18. The predicted molar refractivity (Wildman–Crippen MR) is 76.1 cm³/mol. The van der Waals surface area contributed by atoms with Gasteiger partial charge in [0.15, 0.2) is 0 Å². The first kappa shape index (κ1) is 15.9. The van der Waals surface area contributed by atoms with Crippen molar-refractivity contribution in [2.24, 2.45) is 5.92 Å². The van der Waals surface area contributed by atoms with Crippen molar-refractivity contribution in [2.45, 2.75) is 52.5 Å². The van der Waals surface area contributed by atoms with Crippen LogP contribution in [0.15, 0.2) is 0 Å². The molecule has 0 aliphatic carbocycles. The van der Waals surface area contributed by atoms with E-state index in [1.807, 2.05) is 6.92 Å². The van der Waals surface area contributed by atoms with Crippen molar-refractivity contribution in [3.05, 3.63) is 0 Å². The standard InChI is InChI=1S/C13H28N2O2S/c1-4-10-15(13-5-8-14-9-6-13)18(16,17)11-7-12(2)3/h12-14H,4-11H2,1-3H3. The van der Waals surface area contributed by atoms with Crippen molar-refractivity contribution < 1.29 is 8.42 Å². The Hall–Kier alpha value is -0.130. The van der Waals surface area contributed by atoms with Crippen LogP contribution in [-0.4, -0.2) is 44.2 Å². The summed E-state index contributed by atoms with van der Waals surface area (Å²) in [7, 11) is -3.07. The van der Waals surface area contributed by atoms with Gasteiger partial charge in [0.1, 0.15) is 0 Å². The van der Waals surface area contributed by atoms with Gasteiger partial charge in [-0.05, 0) is 44.7 Å². The van der Waals surface area contributed by atoms with E-state index in [1.165, 1.54) is 0 Å². The lowest BCUT2D eigenvalue weighted by Crippen LogP contribution is -2.47. The van der Waals surface area contributed by atoms with Gasteiger partial charge in [0.05, 0.1) is 5.75 Å². The normalized spacial score (nSPS) is 18.7. The molecule has 0 aromatic rings. The molecular formula is C13H28N2O2S. The molecule has 1 N–H and O–H groups in total. The summed E-state index contributed by atoms with van der Waals surface area (Å²) in [4.78, 5) is 0. The van der Waals surface area contributed by atoms with Crippen molar-refractivity contribution in [3.63, 3.8) is 0 Å². The third-order valence-corrected chi connectivity index (χ3v) is 5.42. The highest BCUT2D eigenvalue weighted by atomic mass is 32.2. The van der Waals surface area contributed by atoms with Crippen LogP contribution in [0.5, 0.6) is 0 Å². The monoisotopic (exact) mass is 276 g/mol. The van der Waals surface area contributed by atoms with E-state index in [1.54, 1.807) is 4.31 Å². The van der Waals surface area contributed by atoms with E-state index in [9.17, 15) is 8.42 Å². The van der Waals surface area contributed by atoms with Crippen molar-refractivity contribution in [1.82, 2.24) is 9.62 Å². The third-order valence-electron chi connectivity index (χ3n) is 3.47. The molecule has 0 radical (unpaired) electrons. The van der Waals surface area contributed by atoms with Crippen molar-refractivity contribution in [1.29, 1.82) is 0 Å². The van der Waals surface area contributed by atoms with Gasteiger partial charge in [0, 0.05) is 12.6 Å². The highest BCUT2D eigenvalue weighted by Gasteiger charge is 2.29. The first-order valence-corrected chi connectivity index (χ1v) is 8.78. The molecular weight excluding hydrogens is 248 g/mol. The van der Waals surface area contributed by atoms with Crippen molar-refractivity contribution >= 4 is 10.0 Å². The van der Waals surface area contributed by atoms with Crippen LogP contribution in [0, 0.1) is 5.92 Å². The fraction of sp³-hybridized carbons (Fsp3) is 1.00. The Morgan fingerprint density at radius 2 is 1.89 bits per heavy atom. The quantitative estimate of drug-likeness (QED) is 0.772. The van der Waals surface area contributed by atoms with Gasteiger partial charge in [-0.1, -0.05) is 20.8 Å². The Labute approximate surface area is 112 Å². The first-order chi connectivity index (χ1) is 8.47. The van der Waals surface area contributed by atoms with Gasteiger partial charge in [0.2, 0.25) is 10.0 Å². The molecule has 0 aromatic heterocycles. The van der Waals surface area contributed by atoms with Crippen LogP contribution in [0.4, 0.5) is 0 Å². The molecule has 1 saturated heterocycles. The van der Waals surface area contributed by atoms with E-state index < -0.39 is 10.0 Å². The van der Waals surface area contributed by atoms with Crippen LogP contribution in [0.1, 0.15) is 46.5 Å². The lowest BCUT2D eigenvalue weighted by Gasteiger charge is -2.33. The zero-order valence-corrected chi connectivity index (χ0v) is 12.8. The number of piperidine rings is 1. The summed E-state index contributed by atoms with van der Waals surface area (Å²) < 4.78 is 26.6. The van der Waals surface area contributed by atoms with Crippen molar-refractivity contribution in [2.75, 3.05) is 25.4 Å². The molecule has 108 valence electrons. The molecule has 1 aliphatic heterocycles. The van der Waals surface area contributed by atoms with Gasteiger partial charge in [-0.3, -0.25) is 0 Å².